The van der Waals surface area contributed by atoms with Gasteiger partial charge in [0.25, 0.3) is 5.91 Å². The molecule has 1 aliphatic rings. The maximum atomic E-state index is 11.4. The number of carbonyl (C=O) groups is 1. The lowest BCUT2D eigenvalue weighted by molar-refractivity contribution is -0.130. The van der Waals surface area contributed by atoms with Crippen molar-refractivity contribution in [3.05, 3.63) is 29.8 Å². The highest BCUT2D eigenvalue weighted by Crippen LogP contribution is 2.19. The van der Waals surface area contributed by atoms with Gasteiger partial charge in [-0.3, -0.25) is 4.79 Å². The molecule has 1 fully saturated rings. The van der Waals surface area contributed by atoms with Crippen molar-refractivity contribution in [2.45, 2.75) is 25.4 Å². The van der Waals surface area contributed by atoms with E-state index in [-0.39, 0.29) is 12.5 Å². The van der Waals surface area contributed by atoms with Crippen molar-refractivity contribution in [1.82, 2.24) is 10.2 Å². The summed E-state index contributed by atoms with van der Waals surface area (Å²) >= 11 is 0. The van der Waals surface area contributed by atoms with Gasteiger partial charge in [0, 0.05) is 26.7 Å². The Balaban J connectivity index is 1.77. The molecule has 0 bridgehead atoms. The predicted molar refractivity (Wildman–Crippen MR) is 70.5 cm³/mol. The summed E-state index contributed by atoms with van der Waals surface area (Å²) in [6, 6.07) is 8.61. The Kier molecular flexibility index (Phi) is 4.20. The van der Waals surface area contributed by atoms with Gasteiger partial charge in [-0.2, -0.15) is 0 Å². The van der Waals surface area contributed by atoms with Crippen molar-refractivity contribution < 1.29 is 9.53 Å². The Bertz CT molecular complexity index is 397. The second kappa shape index (κ2) is 5.87. The van der Waals surface area contributed by atoms with Gasteiger partial charge >= 0.3 is 0 Å². The summed E-state index contributed by atoms with van der Waals surface area (Å²) in [4.78, 5) is 12.9. The Hall–Kier alpha value is -1.55. The van der Waals surface area contributed by atoms with Gasteiger partial charge in [-0.1, -0.05) is 12.1 Å². The quantitative estimate of drug-likeness (QED) is 0.827. The lowest BCUT2D eigenvalue weighted by Gasteiger charge is -2.11. The van der Waals surface area contributed by atoms with Crippen LogP contribution in [-0.2, 0) is 11.3 Å². The van der Waals surface area contributed by atoms with E-state index < -0.39 is 0 Å². The number of benzene rings is 1. The second-order valence-corrected chi connectivity index (χ2v) is 4.88. The van der Waals surface area contributed by atoms with E-state index >= 15 is 0 Å². The molecule has 0 atom stereocenters. The van der Waals surface area contributed by atoms with E-state index in [2.05, 4.69) is 5.32 Å². The van der Waals surface area contributed by atoms with Gasteiger partial charge < -0.3 is 15.0 Å². The molecular formula is C14H20N2O2. The normalized spacial score (nSPS) is 14.3. The minimum Gasteiger partial charge on any atom is -0.484 e. The fourth-order valence-electron chi connectivity index (χ4n) is 1.53. The molecule has 0 saturated heterocycles. The molecule has 1 aromatic carbocycles. The Morgan fingerprint density at radius 1 is 1.33 bits per heavy atom. The van der Waals surface area contributed by atoms with Crippen molar-refractivity contribution in [3.63, 3.8) is 0 Å². The molecule has 1 aliphatic carbocycles. The average Bonchev–Trinajstić information content (AvgIpc) is 3.18. The van der Waals surface area contributed by atoms with Gasteiger partial charge in [-0.25, -0.2) is 0 Å². The van der Waals surface area contributed by atoms with Gasteiger partial charge in [0.2, 0.25) is 0 Å². The van der Waals surface area contributed by atoms with Crippen molar-refractivity contribution in [2.75, 3.05) is 20.7 Å². The first-order valence-electron chi connectivity index (χ1n) is 6.30. The number of likely N-dealkylation sites (N-methyl/N-ethyl adjacent to an activating group) is 1. The first-order valence-corrected chi connectivity index (χ1v) is 6.30. The van der Waals surface area contributed by atoms with Gasteiger partial charge in [-0.15, -0.1) is 0 Å². The zero-order valence-corrected chi connectivity index (χ0v) is 11.0. The summed E-state index contributed by atoms with van der Waals surface area (Å²) in [5.41, 5.74) is 1.24. The number of ether oxygens (including phenoxy) is 1. The molecule has 4 nitrogen and oxygen atoms in total. The van der Waals surface area contributed by atoms with Crippen LogP contribution in [0.15, 0.2) is 24.3 Å². The summed E-state index contributed by atoms with van der Waals surface area (Å²) in [6.07, 6.45) is 2.60. The summed E-state index contributed by atoms with van der Waals surface area (Å²) < 4.78 is 5.41. The van der Waals surface area contributed by atoms with E-state index in [1.54, 1.807) is 14.1 Å². The standard InChI is InChI=1S/C14H20N2O2/c1-16(2)14(17)10-18-13-7-3-11(4-8-13)9-15-12-5-6-12/h3-4,7-8,12,15H,5-6,9-10H2,1-2H3. The second-order valence-electron chi connectivity index (χ2n) is 4.88. The van der Waals surface area contributed by atoms with Crippen molar-refractivity contribution >= 4 is 5.91 Å². The molecule has 0 aromatic heterocycles. The number of amides is 1. The van der Waals surface area contributed by atoms with Crippen molar-refractivity contribution in [2.24, 2.45) is 0 Å². The molecule has 1 amide bonds. The first kappa shape index (κ1) is 12.9. The number of hydrogen-bond acceptors (Lipinski definition) is 3. The molecule has 0 radical (unpaired) electrons. The molecule has 0 heterocycles. The van der Waals surface area contributed by atoms with Crippen LogP contribution in [0.3, 0.4) is 0 Å². The van der Waals surface area contributed by atoms with Crippen LogP contribution in [0.2, 0.25) is 0 Å². The molecule has 0 unspecified atom stereocenters. The molecule has 2 rings (SSSR count). The topological polar surface area (TPSA) is 41.6 Å². The number of carbonyl (C=O) groups excluding carboxylic acids is 1. The SMILES string of the molecule is CN(C)C(=O)COc1ccc(CNC2CC2)cc1. The highest BCUT2D eigenvalue weighted by Gasteiger charge is 2.19. The lowest BCUT2D eigenvalue weighted by Crippen LogP contribution is -2.27. The van der Waals surface area contributed by atoms with Crippen LogP contribution < -0.4 is 10.1 Å². The fraction of sp³-hybridized carbons (Fsp3) is 0.500. The predicted octanol–water partition coefficient (Wildman–Crippen LogP) is 1.41. The Morgan fingerprint density at radius 2 is 2.00 bits per heavy atom. The highest BCUT2D eigenvalue weighted by atomic mass is 16.5. The van der Waals surface area contributed by atoms with Crippen LogP contribution in [0, 0.1) is 0 Å². The molecule has 4 heteroatoms. The Labute approximate surface area is 108 Å². The first-order chi connectivity index (χ1) is 8.65. The minimum atomic E-state index is -0.0329. The van der Waals surface area contributed by atoms with Crippen LogP contribution in [0.5, 0.6) is 5.75 Å². The van der Waals surface area contributed by atoms with Crippen LogP contribution in [0.4, 0.5) is 0 Å². The van der Waals surface area contributed by atoms with E-state index in [0.717, 1.165) is 18.3 Å². The number of nitrogens with one attached hydrogen (secondary N) is 1. The summed E-state index contributed by atoms with van der Waals surface area (Å²) in [5.74, 6) is 0.704. The summed E-state index contributed by atoms with van der Waals surface area (Å²) in [6.45, 7) is 0.994. The number of rotatable bonds is 6. The largest absolute Gasteiger partial charge is 0.484 e. The number of hydrogen-bond donors (Lipinski definition) is 1. The summed E-state index contributed by atoms with van der Waals surface area (Å²) in [7, 11) is 3.44. The van der Waals surface area contributed by atoms with Gasteiger partial charge in [0.1, 0.15) is 5.75 Å². The number of nitrogens with zero attached hydrogens (tertiary/aromatic N) is 1. The average molecular weight is 248 g/mol. The molecule has 1 saturated carbocycles. The van der Waals surface area contributed by atoms with Gasteiger partial charge in [0.05, 0.1) is 0 Å². The minimum absolute atomic E-state index is 0.0329. The van der Waals surface area contributed by atoms with E-state index in [4.69, 9.17) is 4.74 Å². The van der Waals surface area contributed by atoms with Gasteiger partial charge in [-0.05, 0) is 30.5 Å². The Morgan fingerprint density at radius 3 is 2.56 bits per heavy atom. The van der Waals surface area contributed by atoms with E-state index in [1.807, 2.05) is 24.3 Å². The molecule has 1 aromatic rings. The van der Waals surface area contributed by atoms with Crippen LogP contribution in [0.25, 0.3) is 0 Å². The van der Waals surface area contributed by atoms with Crippen LogP contribution >= 0.6 is 0 Å². The zero-order valence-electron chi connectivity index (χ0n) is 11.0. The zero-order chi connectivity index (χ0) is 13.0. The third-order valence-electron chi connectivity index (χ3n) is 2.96. The molecule has 18 heavy (non-hydrogen) atoms. The van der Waals surface area contributed by atoms with E-state index in [9.17, 15) is 4.79 Å². The van der Waals surface area contributed by atoms with E-state index in [1.165, 1.54) is 23.3 Å². The fourth-order valence-corrected chi connectivity index (χ4v) is 1.53. The third-order valence-corrected chi connectivity index (χ3v) is 2.96. The van der Waals surface area contributed by atoms with E-state index in [0.29, 0.717) is 0 Å². The maximum absolute atomic E-state index is 11.4. The molecule has 0 aliphatic heterocycles. The third kappa shape index (κ3) is 4.04. The molecular weight excluding hydrogens is 228 g/mol. The maximum Gasteiger partial charge on any atom is 0.259 e. The highest BCUT2D eigenvalue weighted by molar-refractivity contribution is 5.77. The van der Waals surface area contributed by atoms with Crippen LogP contribution in [0.1, 0.15) is 18.4 Å². The van der Waals surface area contributed by atoms with Crippen LogP contribution in [-0.4, -0.2) is 37.6 Å². The van der Waals surface area contributed by atoms with Gasteiger partial charge in [0.15, 0.2) is 6.61 Å². The molecule has 0 spiro atoms. The lowest BCUT2D eigenvalue weighted by atomic mass is 10.2. The summed E-state index contributed by atoms with van der Waals surface area (Å²) in [5, 5.41) is 3.46. The molecule has 1 N–H and O–H groups in total. The molecule has 98 valence electrons. The van der Waals surface area contributed by atoms with Crippen molar-refractivity contribution in [1.29, 1.82) is 0 Å². The monoisotopic (exact) mass is 248 g/mol. The van der Waals surface area contributed by atoms with Crippen molar-refractivity contribution in [3.8, 4) is 5.75 Å². The smallest absolute Gasteiger partial charge is 0.259 e.